The van der Waals surface area contributed by atoms with Crippen LogP contribution in [-0.2, 0) is 9.84 Å². The molecule has 1 aliphatic carbocycles. The van der Waals surface area contributed by atoms with Crippen LogP contribution in [0.15, 0.2) is 36.4 Å². The van der Waals surface area contributed by atoms with Gasteiger partial charge in [0, 0.05) is 12.3 Å². The number of hydrogen-bond donors (Lipinski definition) is 2. The first-order chi connectivity index (χ1) is 11.3. The third kappa shape index (κ3) is 3.53. The van der Waals surface area contributed by atoms with Gasteiger partial charge in [-0.2, -0.15) is 0 Å². The van der Waals surface area contributed by atoms with Gasteiger partial charge in [0.2, 0.25) is 0 Å². The maximum Gasteiger partial charge on any atom is 0.255 e. The van der Waals surface area contributed by atoms with Crippen molar-refractivity contribution in [3.63, 3.8) is 0 Å². The Kier molecular flexibility index (Phi) is 4.49. The molecule has 1 amide bonds. The van der Waals surface area contributed by atoms with Gasteiger partial charge in [0.15, 0.2) is 0 Å². The van der Waals surface area contributed by atoms with Crippen molar-refractivity contribution in [1.29, 1.82) is 0 Å². The van der Waals surface area contributed by atoms with E-state index in [0.717, 1.165) is 10.8 Å². The number of sulfone groups is 1. The Labute approximate surface area is 141 Å². The van der Waals surface area contributed by atoms with Gasteiger partial charge < -0.3 is 10.4 Å². The standard InChI is InChI=1S/C18H21NO4S/c1-24(22,23)15-8-6-14(7-9-15)19-18(21)16-10-12-4-2-3-5-13(12)11-17(16)20/h2-5,10-11,14-15,20H,6-9H2,1H3,(H,19,21). The minimum absolute atomic E-state index is 0.0454. The molecule has 1 fully saturated rings. The van der Waals surface area contributed by atoms with Gasteiger partial charge in [-0.3, -0.25) is 4.79 Å². The highest BCUT2D eigenvalue weighted by molar-refractivity contribution is 7.91. The molecule has 0 aromatic heterocycles. The maximum atomic E-state index is 12.5. The Morgan fingerprint density at radius 1 is 1.08 bits per heavy atom. The first kappa shape index (κ1) is 16.8. The van der Waals surface area contributed by atoms with Crippen LogP contribution in [0.1, 0.15) is 36.0 Å². The highest BCUT2D eigenvalue weighted by Crippen LogP contribution is 2.27. The van der Waals surface area contributed by atoms with Crippen molar-refractivity contribution in [2.24, 2.45) is 0 Å². The summed E-state index contributed by atoms with van der Waals surface area (Å²) in [7, 11) is -3.01. The number of carbonyl (C=O) groups excluding carboxylic acids is 1. The second-order valence-electron chi connectivity index (χ2n) is 6.49. The molecule has 0 atom stereocenters. The molecular weight excluding hydrogens is 326 g/mol. The summed E-state index contributed by atoms with van der Waals surface area (Å²) >= 11 is 0. The van der Waals surface area contributed by atoms with Gasteiger partial charge in [-0.15, -0.1) is 0 Å². The van der Waals surface area contributed by atoms with Gasteiger partial charge >= 0.3 is 0 Å². The number of hydrogen-bond acceptors (Lipinski definition) is 4. The van der Waals surface area contributed by atoms with E-state index in [-0.39, 0.29) is 28.5 Å². The molecule has 0 spiro atoms. The summed E-state index contributed by atoms with van der Waals surface area (Å²) < 4.78 is 23.2. The first-order valence-corrected chi connectivity index (χ1v) is 10.0. The summed E-state index contributed by atoms with van der Waals surface area (Å²) in [5, 5.41) is 14.5. The quantitative estimate of drug-likeness (QED) is 0.894. The van der Waals surface area contributed by atoms with Crippen LogP contribution < -0.4 is 5.32 Å². The van der Waals surface area contributed by atoms with Crippen molar-refractivity contribution in [2.45, 2.75) is 37.0 Å². The second-order valence-corrected chi connectivity index (χ2v) is 8.82. The first-order valence-electron chi connectivity index (χ1n) is 8.06. The van der Waals surface area contributed by atoms with E-state index in [1.165, 1.54) is 6.26 Å². The van der Waals surface area contributed by atoms with Gasteiger partial charge in [-0.1, -0.05) is 24.3 Å². The number of amides is 1. The topological polar surface area (TPSA) is 83.5 Å². The molecule has 1 aliphatic rings. The molecule has 0 unspecified atom stereocenters. The van der Waals surface area contributed by atoms with Gasteiger partial charge in [0.25, 0.3) is 5.91 Å². The van der Waals surface area contributed by atoms with Gasteiger partial charge in [-0.25, -0.2) is 8.42 Å². The number of fused-ring (bicyclic) bond motifs is 1. The summed E-state index contributed by atoms with van der Waals surface area (Å²) in [5.41, 5.74) is 0.249. The number of phenolic OH excluding ortho intramolecular Hbond substituents is 1. The van der Waals surface area contributed by atoms with Gasteiger partial charge in [0.05, 0.1) is 10.8 Å². The SMILES string of the molecule is CS(=O)(=O)C1CCC(NC(=O)c2cc3ccccc3cc2O)CC1. The fraction of sp³-hybridized carbons (Fsp3) is 0.389. The van der Waals surface area contributed by atoms with Crippen LogP contribution in [-0.4, -0.2) is 37.0 Å². The van der Waals surface area contributed by atoms with E-state index in [1.54, 1.807) is 12.1 Å². The summed E-state index contributed by atoms with van der Waals surface area (Å²) in [4.78, 5) is 12.5. The fourth-order valence-corrected chi connectivity index (χ4v) is 4.44. The van der Waals surface area contributed by atoms with Crippen molar-refractivity contribution in [1.82, 2.24) is 5.32 Å². The normalized spacial score (nSPS) is 21.5. The molecule has 0 saturated heterocycles. The number of aromatic hydroxyl groups is 1. The summed E-state index contributed by atoms with van der Waals surface area (Å²) in [6, 6.07) is 10.7. The Balaban J connectivity index is 1.71. The Morgan fingerprint density at radius 2 is 1.67 bits per heavy atom. The third-order valence-electron chi connectivity index (χ3n) is 4.72. The van der Waals surface area contributed by atoms with E-state index in [0.29, 0.717) is 25.7 Å². The average Bonchev–Trinajstić information content (AvgIpc) is 2.53. The van der Waals surface area contributed by atoms with Crippen molar-refractivity contribution in [2.75, 3.05) is 6.26 Å². The van der Waals surface area contributed by atoms with E-state index in [1.807, 2.05) is 24.3 Å². The van der Waals surface area contributed by atoms with Crippen molar-refractivity contribution < 1.29 is 18.3 Å². The molecule has 2 N–H and O–H groups in total. The summed E-state index contributed by atoms with van der Waals surface area (Å²) in [5.74, 6) is -0.364. The molecule has 0 bridgehead atoms. The van der Waals surface area contributed by atoms with Gasteiger partial charge in [0.1, 0.15) is 15.6 Å². The van der Waals surface area contributed by atoms with E-state index in [4.69, 9.17) is 0 Å². The number of benzene rings is 2. The second kappa shape index (κ2) is 6.43. The lowest BCUT2D eigenvalue weighted by Crippen LogP contribution is -2.40. The molecule has 1 saturated carbocycles. The largest absolute Gasteiger partial charge is 0.507 e. The van der Waals surface area contributed by atoms with Crippen LogP contribution in [0, 0.1) is 0 Å². The number of carbonyl (C=O) groups is 1. The lowest BCUT2D eigenvalue weighted by molar-refractivity contribution is 0.0925. The number of nitrogens with one attached hydrogen (secondary N) is 1. The molecule has 0 aliphatic heterocycles. The van der Waals surface area contributed by atoms with Crippen LogP contribution in [0.25, 0.3) is 10.8 Å². The zero-order valence-electron chi connectivity index (χ0n) is 13.5. The maximum absolute atomic E-state index is 12.5. The Bertz CT molecular complexity index is 868. The smallest absolute Gasteiger partial charge is 0.255 e. The molecule has 24 heavy (non-hydrogen) atoms. The summed E-state index contributed by atoms with van der Waals surface area (Å²) in [6.45, 7) is 0. The lowest BCUT2D eigenvalue weighted by Gasteiger charge is -2.28. The fourth-order valence-electron chi connectivity index (χ4n) is 3.31. The average molecular weight is 347 g/mol. The zero-order valence-corrected chi connectivity index (χ0v) is 14.3. The van der Waals surface area contributed by atoms with Crippen molar-refractivity contribution in [3.8, 4) is 5.75 Å². The summed E-state index contributed by atoms with van der Waals surface area (Å²) in [6.07, 6.45) is 3.67. The van der Waals surface area contributed by atoms with Crippen molar-refractivity contribution in [3.05, 3.63) is 42.0 Å². The number of phenols is 1. The van der Waals surface area contributed by atoms with E-state index >= 15 is 0 Å². The van der Waals surface area contributed by atoms with E-state index in [2.05, 4.69) is 5.32 Å². The molecule has 3 rings (SSSR count). The Hall–Kier alpha value is -2.08. The minimum atomic E-state index is -3.01. The molecular formula is C18H21NO4S. The Morgan fingerprint density at radius 3 is 2.25 bits per heavy atom. The van der Waals surface area contributed by atoms with Crippen LogP contribution in [0.4, 0.5) is 0 Å². The van der Waals surface area contributed by atoms with Crippen LogP contribution in [0.5, 0.6) is 5.75 Å². The molecule has 2 aromatic carbocycles. The molecule has 6 heteroatoms. The highest BCUT2D eigenvalue weighted by atomic mass is 32.2. The molecule has 2 aromatic rings. The third-order valence-corrected chi connectivity index (χ3v) is 6.41. The lowest BCUT2D eigenvalue weighted by atomic mass is 9.94. The number of rotatable bonds is 3. The van der Waals surface area contributed by atoms with E-state index < -0.39 is 9.84 Å². The van der Waals surface area contributed by atoms with E-state index in [9.17, 15) is 18.3 Å². The van der Waals surface area contributed by atoms with Crippen LogP contribution >= 0.6 is 0 Å². The zero-order chi connectivity index (χ0) is 17.3. The monoisotopic (exact) mass is 347 g/mol. The minimum Gasteiger partial charge on any atom is -0.507 e. The molecule has 5 nitrogen and oxygen atoms in total. The predicted molar refractivity (Wildman–Crippen MR) is 94.0 cm³/mol. The molecule has 0 heterocycles. The van der Waals surface area contributed by atoms with Crippen LogP contribution in [0.2, 0.25) is 0 Å². The van der Waals surface area contributed by atoms with Gasteiger partial charge in [-0.05, 0) is 48.6 Å². The molecule has 0 radical (unpaired) electrons. The predicted octanol–water partition coefficient (Wildman–Crippen LogP) is 2.63. The highest BCUT2D eigenvalue weighted by Gasteiger charge is 2.29. The van der Waals surface area contributed by atoms with Crippen molar-refractivity contribution >= 4 is 26.5 Å². The molecule has 128 valence electrons. The van der Waals surface area contributed by atoms with Crippen LogP contribution in [0.3, 0.4) is 0 Å².